The van der Waals surface area contributed by atoms with Gasteiger partial charge in [0.1, 0.15) is 0 Å². The maximum Gasteiger partial charge on any atom is 0.232 e. The summed E-state index contributed by atoms with van der Waals surface area (Å²) in [6.07, 6.45) is 2.11. The number of nitrogens with two attached hydrogens (primary N) is 1. The highest BCUT2D eigenvalue weighted by molar-refractivity contribution is 4.94. The summed E-state index contributed by atoms with van der Waals surface area (Å²) < 4.78 is 10.8. The van der Waals surface area contributed by atoms with Gasteiger partial charge in [0.25, 0.3) is 0 Å². The van der Waals surface area contributed by atoms with Gasteiger partial charge in [0.05, 0.1) is 18.6 Å². The van der Waals surface area contributed by atoms with Gasteiger partial charge in [-0.2, -0.15) is 0 Å². The highest BCUT2D eigenvalue weighted by Crippen LogP contribution is 2.24. The van der Waals surface area contributed by atoms with E-state index in [1.807, 2.05) is 6.92 Å². The van der Waals surface area contributed by atoms with Crippen LogP contribution in [0.3, 0.4) is 0 Å². The molecule has 1 aromatic rings. The van der Waals surface area contributed by atoms with Crippen molar-refractivity contribution < 1.29 is 9.15 Å². The summed E-state index contributed by atoms with van der Waals surface area (Å²) in [5, 5.41) is 7.88. The number of hydrogen-bond donors (Lipinski definition) is 1. The van der Waals surface area contributed by atoms with Gasteiger partial charge in [0, 0.05) is 6.61 Å². The average molecular weight is 197 g/mol. The van der Waals surface area contributed by atoms with E-state index >= 15 is 0 Å². The Kier molecular flexibility index (Phi) is 2.79. The van der Waals surface area contributed by atoms with E-state index in [4.69, 9.17) is 14.9 Å². The molecule has 0 radical (unpaired) electrons. The fraction of sp³-hybridized carbons (Fsp3) is 0.778. The smallest absolute Gasteiger partial charge is 0.232 e. The van der Waals surface area contributed by atoms with E-state index < -0.39 is 0 Å². The third-order valence-electron chi connectivity index (χ3n) is 2.36. The first kappa shape index (κ1) is 9.61. The van der Waals surface area contributed by atoms with Crippen molar-refractivity contribution in [3.8, 4) is 0 Å². The lowest BCUT2D eigenvalue weighted by molar-refractivity contribution is 0.0720. The largest absolute Gasteiger partial charge is 0.423 e. The maximum atomic E-state index is 5.63. The Morgan fingerprint density at radius 1 is 1.50 bits per heavy atom. The zero-order valence-corrected chi connectivity index (χ0v) is 8.27. The van der Waals surface area contributed by atoms with E-state index in [1.165, 1.54) is 0 Å². The van der Waals surface area contributed by atoms with Crippen LogP contribution >= 0.6 is 0 Å². The van der Waals surface area contributed by atoms with Crippen LogP contribution in [0.5, 0.6) is 0 Å². The second-order valence-electron chi connectivity index (χ2n) is 3.68. The van der Waals surface area contributed by atoms with Gasteiger partial charge in [-0.15, -0.1) is 10.2 Å². The Hall–Kier alpha value is -0.940. The van der Waals surface area contributed by atoms with Crippen LogP contribution in [0.15, 0.2) is 4.42 Å². The van der Waals surface area contributed by atoms with Gasteiger partial charge in [0.15, 0.2) is 0 Å². The molecule has 2 N–H and O–H groups in total. The second kappa shape index (κ2) is 4.06. The van der Waals surface area contributed by atoms with Crippen LogP contribution in [0.4, 0.5) is 0 Å². The summed E-state index contributed by atoms with van der Waals surface area (Å²) >= 11 is 0. The predicted octanol–water partition coefficient (Wildman–Crippen LogP) is 0.983. The van der Waals surface area contributed by atoms with Crippen molar-refractivity contribution in [2.75, 3.05) is 13.2 Å². The van der Waals surface area contributed by atoms with Gasteiger partial charge in [-0.1, -0.05) is 0 Å². The van der Waals surface area contributed by atoms with Crippen LogP contribution in [0.1, 0.15) is 43.5 Å². The summed E-state index contributed by atoms with van der Waals surface area (Å²) in [5.74, 6) is 1.42. The topological polar surface area (TPSA) is 74.2 Å². The zero-order chi connectivity index (χ0) is 9.97. The molecule has 1 fully saturated rings. The molecule has 2 heterocycles. The molecule has 5 heteroatoms. The van der Waals surface area contributed by atoms with Gasteiger partial charge in [-0.25, -0.2) is 0 Å². The molecule has 0 aliphatic carbocycles. The van der Waals surface area contributed by atoms with Gasteiger partial charge in [0.2, 0.25) is 11.8 Å². The fourth-order valence-corrected chi connectivity index (χ4v) is 1.53. The van der Waals surface area contributed by atoms with Crippen LogP contribution in [0.25, 0.3) is 0 Å². The van der Waals surface area contributed by atoms with Crippen molar-refractivity contribution in [1.82, 2.24) is 10.2 Å². The van der Waals surface area contributed by atoms with Crippen molar-refractivity contribution in [3.63, 3.8) is 0 Å². The average Bonchev–Trinajstić information content (AvgIpc) is 2.68. The van der Waals surface area contributed by atoms with Crippen molar-refractivity contribution >= 4 is 0 Å². The number of aromatic nitrogens is 2. The van der Waals surface area contributed by atoms with Gasteiger partial charge in [-0.3, -0.25) is 0 Å². The van der Waals surface area contributed by atoms with E-state index in [1.54, 1.807) is 0 Å². The third-order valence-corrected chi connectivity index (χ3v) is 2.36. The third kappa shape index (κ3) is 1.93. The van der Waals surface area contributed by atoms with Crippen molar-refractivity contribution in [2.24, 2.45) is 5.73 Å². The fourth-order valence-electron chi connectivity index (χ4n) is 1.53. The molecule has 0 spiro atoms. The first-order valence-electron chi connectivity index (χ1n) is 4.94. The van der Waals surface area contributed by atoms with E-state index in [-0.39, 0.29) is 12.0 Å². The predicted molar refractivity (Wildman–Crippen MR) is 49.7 cm³/mol. The molecule has 0 amide bonds. The molecular weight excluding hydrogens is 182 g/mol. The highest BCUT2D eigenvalue weighted by Gasteiger charge is 2.22. The van der Waals surface area contributed by atoms with E-state index in [0.717, 1.165) is 19.4 Å². The van der Waals surface area contributed by atoms with Crippen LogP contribution < -0.4 is 5.73 Å². The highest BCUT2D eigenvalue weighted by atomic mass is 16.5. The van der Waals surface area contributed by atoms with Gasteiger partial charge >= 0.3 is 0 Å². The monoisotopic (exact) mass is 197 g/mol. The first-order valence-corrected chi connectivity index (χ1v) is 4.94. The molecule has 1 aromatic heterocycles. The minimum atomic E-state index is -0.194. The Labute approximate surface area is 82.6 Å². The molecule has 2 rings (SSSR count). The number of hydrogen-bond acceptors (Lipinski definition) is 5. The molecule has 1 saturated heterocycles. The Balaban J connectivity index is 2.07. The molecule has 14 heavy (non-hydrogen) atoms. The van der Waals surface area contributed by atoms with Crippen molar-refractivity contribution in [2.45, 2.75) is 31.7 Å². The molecule has 2 unspecified atom stereocenters. The molecule has 5 nitrogen and oxygen atoms in total. The lowest BCUT2D eigenvalue weighted by Crippen LogP contribution is -2.15. The summed E-state index contributed by atoms with van der Waals surface area (Å²) in [6.45, 7) is 3.35. The molecule has 78 valence electrons. The molecule has 0 saturated carbocycles. The van der Waals surface area contributed by atoms with Crippen LogP contribution in [0.2, 0.25) is 0 Å². The maximum absolute atomic E-state index is 5.63. The number of ether oxygens (including phenoxy) is 1. The molecule has 0 bridgehead atoms. The Morgan fingerprint density at radius 3 is 2.93 bits per heavy atom. The standard InChI is InChI=1S/C9H15N3O2/c1-6(10)8-11-12-9(14-8)7-3-2-4-13-5-7/h6-7H,2-5,10H2,1H3. The van der Waals surface area contributed by atoms with Crippen molar-refractivity contribution in [1.29, 1.82) is 0 Å². The zero-order valence-electron chi connectivity index (χ0n) is 8.27. The van der Waals surface area contributed by atoms with E-state index in [2.05, 4.69) is 10.2 Å². The van der Waals surface area contributed by atoms with Gasteiger partial charge < -0.3 is 14.9 Å². The molecule has 0 aromatic carbocycles. The minimum Gasteiger partial charge on any atom is -0.423 e. The Bertz CT molecular complexity index is 292. The molecule has 2 atom stereocenters. The quantitative estimate of drug-likeness (QED) is 0.765. The van der Waals surface area contributed by atoms with E-state index in [0.29, 0.717) is 18.4 Å². The van der Waals surface area contributed by atoms with E-state index in [9.17, 15) is 0 Å². The summed E-state index contributed by atoms with van der Waals surface area (Å²) in [4.78, 5) is 0. The molecule has 1 aliphatic rings. The lowest BCUT2D eigenvalue weighted by Gasteiger charge is -2.18. The minimum absolute atomic E-state index is 0.194. The molecular formula is C9H15N3O2. The number of nitrogens with zero attached hydrogens (tertiary/aromatic N) is 2. The Morgan fingerprint density at radius 2 is 2.36 bits per heavy atom. The first-order chi connectivity index (χ1) is 6.77. The summed E-state index contributed by atoms with van der Waals surface area (Å²) in [6, 6.07) is -0.194. The normalized spacial score (nSPS) is 24.9. The lowest BCUT2D eigenvalue weighted by atomic mass is 10.0. The SMILES string of the molecule is CC(N)c1nnc(C2CCCOC2)o1. The van der Waals surface area contributed by atoms with Crippen molar-refractivity contribution in [3.05, 3.63) is 11.8 Å². The van der Waals surface area contributed by atoms with Crippen LogP contribution in [-0.2, 0) is 4.74 Å². The van der Waals surface area contributed by atoms with Crippen LogP contribution in [-0.4, -0.2) is 23.4 Å². The second-order valence-corrected chi connectivity index (χ2v) is 3.68. The van der Waals surface area contributed by atoms with Gasteiger partial charge in [-0.05, 0) is 19.8 Å². The summed E-state index contributed by atoms with van der Waals surface area (Å²) in [5.41, 5.74) is 5.63. The summed E-state index contributed by atoms with van der Waals surface area (Å²) in [7, 11) is 0. The van der Waals surface area contributed by atoms with Crippen LogP contribution in [0, 0.1) is 0 Å². The molecule has 1 aliphatic heterocycles. The number of rotatable bonds is 2.